The van der Waals surface area contributed by atoms with Gasteiger partial charge in [-0.2, -0.15) is 0 Å². The van der Waals surface area contributed by atoms with Gasteiger partial charge in [0.05, 0.1) is 13.2 Å². The van der Waals surface area contributed by atoms with Gasteiger partial charge in [-0.05, 0) is 37.7 Å². The molecule has 0 unspecified atom stereocenters. The zero-order valence-electron chi connectivity index (χ0n) is 17.9. The Bertz CT molecular complexity index is 1230. The topological polar surface area (TPSA) is 80.6 Å². The third-order valence-electron chi connectivity index (χ3n) is 6.99. The summed E-state index contributed by atoms with van der Waals surface area (Å²) in [7, 11) is 1.26. The average molecular weight is 461 g/mol. The minimum Gasteiger partial charge on any atom is -0.491 e. The highest BCUT2D eigenvalue weighted by Gasteiger charge is 2.46. The molecule has 1 saturated carbocycles. The molecule has 2 aliphatic heterocycles. The third kappa shape index (κ3) is 3.39. The lowest BCUT2D eigenvalue weighted by Gasteiger charge is -2.45. The molecule has 5 rings (SSSR count). The molecule has 3 aliphatic rings. The number of nitrogens with zero attached hydrogens (tertiary/aromatic N) is 2. The molecule has 33 heavy (non-hydrogen) atoms. The van der Waals surface area contributed by atoms with E-state index < -0.39 is 35.3 Å². The van der Waals surface area contributed by atoms with Crippen LogP contribution in [0.2, 0.25) is 0 Å². The van der Waals surface area contributed by atoms with Gasteiger partial charge < -0.3 is 19.5 Å². The summed E-state index contributed by atoms with van der Waals surface area (Å²) < 4.78 is 47.3. The molecular weight excluding hydrogens is 439 g/mol. The number of nitrogens with one attached hydrogen (secondary N) is 1. The largest absolute Gasteiger partial charge is 0.491 e. The van der Waals surface area contributed by atoms with E-state index in [1.165, 1.54) is 13.3 Å². The lowest BCUT2D eigenvalue weighted by atomic mass is 9.90. The van der Waals surface area contributed by atoms with E-state index in [9.17, 15) is 27.6 Å². The van der Waals surface area contributed by atoms with Gasteiger partial charge in [0.2, 0.25) is 5.43 Å². The highest BCUT2D eigenvalue weighted by atomic mass is 19.2. The number of pyridine rings is 1. The Morgan fingerprint density at radius 2 is 1.88 bits per heavy atom. The predicted molar refractivity (Wildman–Crippen MR) is 110 cm³/mol. The molecule has 2 fully saturated rings. The number of benzene rings is 1. The van der Waals surface area contributed by atoms with E-state index in [0.717, 1.165) is 37.8 Å². The van der Waals surface area contributed by atoms with Crippen molar-refractivity contribution in [3.8, 4) is 5.75 Å². The summed E-state index contributed by atoms with van der Waals surface area (Å²) in [5.41, 5.74) is -1.19. The van der Waals surface area contributed by atoms with Crippen LogP contribution < -0.4 is 15.5 Å². The van der Waals surface area contributed by atoms with Crippen molar-refractivity contribution in [2.24, 2.45) is 5.92 Å². The second-order valence-electron chi connectivity index (χ2n) is 8.86. The predicted octanol–water partition coefficient (Wildman–Crippen LogP) is 2.60. The van der Waals surface area contributed by atoms with Gasteiger partial charge in [0, 0.05) is 30.9 Å². The highest BCUT2D eigenvalue weighted by molar-refractivity contribution is 5.99. The summed E-state index contributed by atoms with van der Waals surface area (Å²) >= 11 is 0. The van der Waals surface area contributed by atoms with Crippen molar-refractivity contribution in [2.45, 2.75) is 50.9 Å². The lowest BCUT2D eigenvalue weighted by molar-refractivity contribution is 0.0339. The minimum absolute atomic E-state index is 0.0179. The summed E-state index contributed by atoms with van der Waals surface area (Å²) in [6.07, 6.45) is 5.18. The molecule has 0 spiro atoms. The molecule has 7 nitrogen and oxygen atoms in total. The Kier molecular flexibility index (Phi) is 5.18. The van der Waals surface area contributed by atoms with Crippen molar-refractivity contribution in [3.63, 3.8) is 0 Å². The molecule has 2 amide bonds. The Morgan fingerprint density at radius 1 is 1.12 bits per heavy atom. The normalized spacial score (nSPS) is 23.2. The van der Waals surface area contributed by atoms with E-state index in [1.54, 1.807) is 4.57 Å². The maximum atomic E-state index is 13.9. The first-order chi connectivity index (χ1) is 15.8. The third-order valence-corrected chi connectivity index (χ3v) is 6.99. The molecular formula is C23H22F3N3O4. The van der Waals surface area contributed by atoms with E-state index in [2.05, 4.69) is 5.32 Å². The number of hydrogen-bond acceptors (Lipinski definition) is 4. The van der Waals surface area contributed by atoms with Crippen LogP contribution in [0.5, 0.6) is 5.75 Å². The monoisotopic (exact) mass is 461 g/mol. The molecule has 1 aromatic heterocycles. The van der Waals surface area contributed by atoms with Crippen LogP contribution in [-0.4, -0.2) is 40.5 Å². The zero-order valence-corrected chi connectivity index (χ0v) is 17.9. The fraction of sp³-hybridized carbons (Fsp3) is 0.435. The number of piperidine rings is 1. The number of ether oxygens (including phenoxy) is 1. The number of rotatable bonds is 4. The summed E-state index contributed by atoms with van der Waals surface area (Å²) in [4.78, 5) is 41.0. The summed E-state index contributed by atoms with van der Waals surface area (Å²) in [6.45, 7) is -0.0210. The van der Waals surface area contributed by atoms with Crippen molar-refractivity contribution in [2.75, 3.05) is 7.11 Å². The van der Waals surface area contributed by atoms with Crippen LogP contribution >= 0.6 is 0 Å². The molecule has 1 N–H and O–H groups in total. The number of hydrogen-bond donors (Lipinski definition) is 1. The Hall–Kier alpha value is -3.30. The molecule has 2 bridgehead atoms. The molecule has 2 aromatic rings. The van der Waals surface area contributed by atoms with Gasteiger partial charge >= 0.3 is 0 Å². The fourth-order valence-electron chi connectivity index (χ4n) is 5.48. The molecule has 3 atom stereocenters. The van der Waals surface area contributed by atoms with Crippen LogP contribution in [0.25, 0.3) is 0 Å². The number of fused-ring (bicyclic) bond motifs is 5. The van der Waals surface area contributed by atoms with Crippen LogP contribution in [0.3, 0.4) is 0 Å². The first-order valence-electron chi connectivity index (χ1n) is 10.8. The Balaban J connectivity index is 1.46. The van der Waals surface area contributed by atoms with Crippen molar-refractivity contribution in [1.29, 1.82) is 0 Å². The number of carbonyl (C=O) groups excluding carboxylic acids is 2. The maximum absolute atomic E-state index is 13.9. The van der Waals surface area contributed by atoms with Gasteiger partial charge in [-0.1, -0.05) is 6.07 Å². The molecule has 1 aromatic carbocycles. The lowest BCUT2D eigenvalue weighted by Crippen LogP contribution is -2.55. The van der Waals surface area contributed by atoms with E-state index in [0.29, 0.717) is 12.5 Å². The van der Waals surface area contributed by atoms with Crippen molar-refractivity contribution < 1.29 is 27.5 Å². The molecule has 0 radical (unpaired) electrons. The van der Waals surface area contributed by atoms with E-state index in [4.69, 9.17) is 4.74 Å². The maximum Gasteiger partial charge on any atom is 0.275 e. The van der Waals surface area contributed by atoms with Crippen LogP contribution in [0, 0.1) is 23.4 Å². The highest BCUT2D eigenvalue weighted by Crippen LogP contribution is 2.43. The molecule has 3 heterocycles. The van der Waals surface area contributed by atoms with E-state index >= 15 is 0 Å². The van der Waals surface area contributed by atoms with Crippen LogP contribution in [0.15, 0.2) is 23.1 Å². The van der Waals surface area contributed by atoms with Gasteiger partial charge in [-0.3, -0.25) is 14.4 Å². The number of aromatic nitrogens is 1. The quantitative estimate of drug-likeness (QED) is 0.710. The van der Waals surface area contributed by atoms with Crippen molar-refractivity contribution in [1.82, 2.24) is 14.8 Å². The zero-order chi connectivity index (χ0) is 23.4. The number of carbonyl (C=O) groups is 2. The van der Waals surface area contributed by atoms with Crippen LogP contribution in [-0.2, 0) is 13.1 Å². The average Bonchev–Trinajstić information content (AvgIpc) is 3.17. The van der Waals surface area contributed by atoms with Gasteiger partial charge in [-0.15, -0.1) is 0 Å². The molecule has 1 aliphatic carbocycles. The summed E-state index contributed by atoms with van der Waals surface area (Å²) in [5, 5.41) is 2.36. The van der Waals surface area contributed by atoms with Crippen molar-refractivity contribution >= 4 is 11.8 Å². The molecule has 174 valence electrons. The van der Waals surface area contributed by atoms with Gasteiger partial charge in [0.15, 0.2) is 28.9 Å². The van der Waals surface area contributed by atoms with E-state index in [1.807, 2.05) is 4.90 Å². The molecule has 10 heteroatoms. The standard InChI is InChI=1S/C23H22F3N3O4/c1-33-21-19-23(32)29-13-4-2-11(6-13)7-14(29)9-28(19)10-15(20(21)30)22(31)27-8-12-3-5-16(24)18(26)17(12)25/h3,5,10-11,13-14H,2,4,6-9H2,1H3,(H,27,31)/t11-,13+,14-/m0/s1. The summed E-state index contributed by atoms with van der Waals surface area (Å²) in [5.74, 6) is -5.15. The second-order valence-corrected chi connectivity index (χ2v) is 8.86. The van der Waals surface area contributed by atoms with Gasteiger partial charge in [-0.25, -0.2) is 13.2 Å². The molecule has 1 saturated heterocycles. The van der Waals surface area contributed by atoms with Gasteiger partial charge in [0.25, 0.3) is 11.8 Å². The second kappa shape index (κ2) is 7.93. The van der Waals surface area contributed by atoms with Crippen LogP contribution in [0.1, 0.15) is 52.1 Å². The number of amides is 2. The van der Waals surface area contributed by atoms with Crippen molar-refractivity contribution in [3.05, 3.63) is 62.8 Å². The number of halogens is 3. The Morgan fingerprint density at radius 3 is 2.64 bits per heavy atom. The Labute approximate surface area is 187 Å². The summed E-state index contributed by atoms with van der Waals surface area (Å²) in [6, 6.07) is 1.91. The SMILES string of the molecule is COc1c2n(cc(C(=O)NCc3ccc(F)c(F)c3F)c1=O)C[C@@H]1C[C@H]3CC[C@H](C3)N1C2=O. The smallest absolute Gasteiger partial charge is 0.275 e. The first kappa shape index (κ1) is 21.5. The first-order valence-corrected chi connectivity index (χ1v) is 10.8. The number of methoxy groups -OCH3 is 1. The minimum atomic E-state index is -1.64. The fourth-order valence-corrected chi connectivity index (χ4v) is 5.48. The van der Waals surface area contributed by atoms with Crippen LogP contribution in [0.4, 0.5) is 13.2 Å². The van der Waals surface area contributed by atoms with E-state index in [-0.39, 0.29) is 40.6 Å². The van der Waals surface area contributed by atoms with Gasteiger partial charge in [0.1, 0.15) is 5.56 Å².